The number of benzene rings is 2. The maximum atomic E-state index is 11.8. The fourth-order valence-corrected chi connectivity index (χ4v) is 2.93. The number of hydrogen-bond donors (Lipinski definition) is 2. The maximum absolute atomic E-state index is 11.8. The summed E-state index contributed by atoms with van der Waals surface area (Å²) in [5, 5.41) is 17.1. The molecule has 1 fully saturated rings. The van der Waals surface area contributed by atoms with Crippen molar-refractivity contribution >= 4 is 11.8 Å². The number of alkyl carbamates (subject to hydrolysis) is 1. The summed E-state index contributed by atoms with van der Waals surface area (Å²) in [6, 6.07) is 16.5. The third-order valence-corrected chi connectivity index (χ3v) is 4.44. The average Bonchev–Trinajstić information content (AvgIpc) is 2.62. The van der Waals surface area contributed by atoms with Crippen molar-refractivity contribution in [1.82, 2.24) is 10.6 Å². The Morgan fingerprint density at radius 2 is 1.77 bits per heavy atom. The highest BCUT2D eigenvalue weighted by Crippen LogP contribution is 2.22. The Bertz CT molecular complexity index is 760. The largest absolute Gasteiger partial charge is 0.445 e. The molecule has 0 atom stereocenters. The Morgan fingerprint density at radius 1 is 1.08 bits per heavy atom. The third-order valence-electron chi connectivity index (χ3n) is 4.44. The van der Waals surface area contributed by atoms with Crippen LogP contribution in [-0.4, -0.2) is 23.1 Å². The van der Waals surface area contributed by atoms with E-state index in [9.17, 15) is 14.9 Å². The van der Waals surface area contributed by atoms with E-state index in [1.807, 2.05) is 30.3 Å². The van der Waals surface area contributed by atoms with Crippen LogP contribution >= 0.6 is 0 Å². The summed E-state index contributed by atoms with van der Waals surface area (Å²) in [5.41, 5.74) is 1.73. The zero-order chi connectivity index (χ0) is 18.4. The van der Waals surface area contributed by atoms with E-state index in [1.54, 1.807) is 18.2 Å². The van der Waals surface area contributed by atoms with Gasteiger partial charge in [0.2, 0.25) is 0 Å². The highest BCUT2D eigenvalue weighted by atomic mass is 16.6. The van der Waals surface area contributed by atoms with Crippen molar-refractivity contribution in [3.8, 4) is 0 Å². The first-order valence-electron chi connectivity index (χ1n) is 8.54. The minimum atomic E-state index is -0.420. The molecule has 136 valence electrons. The number of nitrogens with zero attached hydrogens (tertiary/aromatic N) is 1. The zero-order valence-corrected chi connectivity index (χ0v) is 14.3. The van der Waals surface area contributed by atoms with Crippen LogP contribution in [-0.2, 0) is 17.9 Å². The molecular formula is C19H21N3O4. The second-order valence-electron chi connectivity index (χ2n) is 6.34. The number of rotatable bonds is 7. The van der Waals surface area contributed by atoms with Gasteiger partial charge in [0.15, 0.2) is 0 Å². The molecule has 1 saturated carbocycles. The first-order valence-corrected chi connectivity index (χ1v) is 8.54. The normalized spacial score (nSPS) is 18.6. The number of nitrogens with one attached hydrogen (secondary N) is 2. The molecule has 3 rings (SSSR count). The van der Waals surface area contributed by atoms with Gasteiger partial charge in [-0.2, -0.15) is 0 Å². The zero-order valence-electron chi connectivity index (χ0n) is 14.3. The van der Waals surface area contributed by atoms with Gasteiger partial charge in [-0.3, -0.25) is 10.1 Å². The number of nitro benzene ring substituents is 1. The summed E-state index contributed by atoms with van der Waals surface area (Å²) in [6.45, 7) is 0.686. The van der Waals surface area contributed by atoms with Crippen LogP contribution in [0.4, 0.5) is 10.5 Å². The Kier molecular flexibility index (Phi) is 5.80. The van der Waals surface area contributed by atoms with Crippen molar-refractivity contribution < 1.29 is 14.5 Å². The van der Waals surface area contributed by atoms with Gasteiger partial charge in [-0.15, -0.1) is 0 Å². The van der Waals surface area contributed by atoms with Gasteiger partial charge in [0.1, 0.15) is 6.61 Å². The van der Waals surface area contributed by atoms with Gasteiger partial charge in [-0.25, -0.2) is 4.79 Å². The number of nitro groups is 1. The third kappa shape index (κ3) is 4.80. The van der Waals surface area contributed by atoms with E-state index in [0.717, 1.165) is 18.4 Å². The molecule has 0 aliphatic heterocycles. The molecule has 7 nitrogen and oxygen atoms in total. The lowest BCUT2D eigenvalue weighted by atomic mass is 9.86. The molecule has 1 aliphatic carbocycles. The van der Waals surface area contributed by atoms with Crippen LogP contribution in [0.3, 0.4) is 0 Å². The molecule has 0 unspecified atom stereocenters. The Morgan fingerprint density at radius 3 is 2.50 bits per heavy atom. The SMILES string of the molecule is O=C(NC1CC(NCc2ccccc2[N+](=O)[O-])C1)OCc1ccccc1. The van der Waals surface area contributed by atoms with E-state index in [-0.39, 0.29) is 29.3 Å². The fraction of sp³-hybridized carbons (Fsp3) is 0.316. The fourth-order valence-electron chi connectivity index (χ4n) is 2.93. The summed E-state index contributed by atoms with van der Waals surface area (Å²) in [6.07, 6.45) is 1.14. The van der Waals surface area contributed by atoms with Crippen molar-refractivity contribution in [2.45, 2.75) is 38.1 Å². The van der Waals surface area contributed by atoms with Gasteiger partial charge in [-0.1, -0.05) is 48.5 Å². The lowest BCUT2D eigenvalue weighted by molar-refractivity contribution is -0.385. The van der Waals surface area contributed by atoms with Crippen LogP contribution < -0.4 is 10.6 Å². The van der Waals surface area contributed by atoms with E-state index in [4.69, 9.17) is 4.74 Å². The van der Waals surface area contributed by atoms with E-state index in [2.05, 4.69) is 10.6 Å². The second-order valence-corrected chi connectivity index (χ2v) is 6.34. The van der Waals surface area contributed by atoms with Crippen molar-refractivity contribution in [3.05, 3.63) is 75.8 Å². The van der Waals surface area contributed by atoms with Crippen LogP contribution in [0.15, 0.2) is 54.6 Å². The average molecular weight is 355 g/mol. The highest BCUT2D eigenvalue weighted by Gasteiger charge is 2.30. The maximum Gasteiger partial charge on any atom is 0.407 e. The number of carbonyl (C=O) groups excluding carboxylic acids is 1. The molecule has 0 heterocycles. The van der Waals surface area contributed by atoms with E-state index in [1.165, 1.54) is 6.07 Å². The molecule has 1 amide bonds. The molecule has 1 aliphatic rings. The smallest absolute Gasteiger partial charge is 0.407 e. The van der Waals surface area contributed by atoms with Crippen LogP contribution in [0.2, 0.25) is 0 Å². The molecule has 0 radical (unpaired) electrons. The molecular weight excluding hydrogens is 334 g/mol. The second kappa shape index (κ2) is 8.44. The lowest BCUT2D eigenvalue weighted by Crippen LogP contribution is -2.52. The lowest BCUT2D eigenvalue weighted by Gasteiger charge is -2.36. The molecule has 2 aromatic carbocycles. The molecule has 0 saturated heterocycles. The van der Waals surface area contributed by atoms with Gasteiger partial charge < -0.3 is 15.4 Å². The quantitative estimate of drug-likeness (QED) is 0.588. The molecule has 2 aromatic rings. The minimum absolute atomic E-state index is 0.0709. The molecule has 7 heteroatoms. The Balaban J connectivity index is 1.36. The topological polar surface area (TPSA) is 93.5 Å². The first-order chi connectivity index (χ1) is 12.6. The number of para-hydroxylation sites is 1. The van der Waals surface area contributed by atoms with E-state index >= 15 is 0 Å². The summed E-state index contributed by atoms with van der Waals surface area (Å²) in [4.78, 5) is 22.4. The molecule has 0 aromatic heterocycles. The number of ether oxygens (including phenoxy) is 1. The van der Waals surface area contributed by atoms with Crippen LogP contribution in [0.5, 0.6) is 0 Å². The summed E-state index contributed by atoms with van der Waals surface area (Å²) < 4.78 is 5.20. The number of amides is 1. The minimum Gasteiger partial charge on any atom is -0.445 e. The molecule has 0 bridgehead atoms. The summed E-state index contributed by atoms with van der Waals surface area (Å²) >= 11 is 0. The van der Waals surface area contributed by atoms with Gasteiger partial charge >= 0.3 is 6.09 Å². The number of hydrogen-bond acceptors (Lipinski definition) is 5. The van der Waals surface area contributed by atoms with Gasteiger partial charge in [0.25, 0.3) is 5.69 Å². The Hall–Kier alpha value is -2.93. The summed E-state index contributed by atoms with van der Waals surface area (Å²) in [5.74, 6) is 0. The van der Waals surface area contributed by atoms with Crippen molar-refractivity contribution in [2.75, 3.05) is 0 Å². The van der Waals surface area contributed by atoms with Crippen molar-refractivity contribution in [1.29, 1.82) is 0 Å². The Labute approximate surface area is 151 Å². The van der Waals surface area contributed by atoms with Gasteiger partial charge in [0, 0.05) is 30.3 Å². The van der Waals surface area contributed by atoms with Crippen molar-refractivity contribution in [2.24, 2.45) is 0 Å². The van der Waals surface area contributed by atoms with Crippen LogP contribution in [0.25, 0.3) is 0 Å². The predicted octanol–water partition coefficient (Wildman–Crippen LogP) is 3.14. The summed E-state index contributed by atoms with van der Waals surface area (Å²) in [7, 11) is 0. The van der Waals surface area contributed by atoms with E-state index < -0.39 is 6.09 Å². The van der Waals surface area contributed by atoms with Crippen LogP contribution in [0.1, 0.15) is 24.0 Å². The highest BCUT2D eigenvalue weighted by molar-refractivity contribution is 5.67. The standard InChI is InChI=1S/C19H21N3O4/c23-19(26-13-14-6-2-1-3-7-14)21-17-10-16(11-17)20-12-15-8-4-5-9-18(15)22(24)25/h1-9,16-17,20H,10-13H2,(H,21,23). The predicted molar refractivity (Wildman–Crippen MR) is 96.5 cm³/mol. The van der Waals surface area contributed by atoms with Gasteiger partial charge in [0.05, 0.1) is 4.92 Å². The monoisotopic (exact) mass is 355 g/mol. The van der Waals surface area contributed by atoms with Crippen molar-refractivity contribution in [3.63, 3.8) is 0 Å². The molecule has 0 spiro atoms. The first kappa shape index (κ1) is 17.9. The van der Waals surface area contributed by atoms with Gasteiger partial charge in [-0.05, 0) is 18.4 Å². The van der Waals surface area contributed by atoms with Crippen LogP contribution in [0, 0.1) is 10.1 Å². The molecule has 26 heavy (non-hydrogen) atoms. The number of carbonyl (C=O) groups is 1. The van der Waals surface area contributed by atoms with E-state index in [0.29, 0.717) is 12.1 Å². The molecule has 2 N–H and O–H groups in total.